The first-order valence-electron chi connectivity index (χ1n) is 6.14. The minimum Gasteiger partial charge on any atom is -0.387 e. The van der Waals surface area contributed by atoms with Gasteiger partial charge < -0.3 is 5.32 Å². The number of halogens is 2. The van der Waals surface area contributed by atoms with Gasteiger partial charge in [0.05, 0.1) is 5.69 Å². The second-order valence-electron chi connectivity index (χ2n) is 4.31. The third kappa shape index (κ3) is 3.56. The summed E-state index contributed by atoms with van der Waals surface area (Å²) in [6, 6.07) is 9.34. The molecule has 0 saturated heterocycles. The second kappa shape index (κ2) is 6.19. The lowest BCUT2D eigenvalue weighted by Gasteiger charge is -2.11. The Hall–Kier alpha value is -1.99. The highest BCUT2D eigenvalue weighted by atomic mass is 32.2. The van der Waals surface area contributed by atoms with Crippen molar-refractivity contribution in [3.63, 3.8) is 0 Å². The Bertz CT molecular complexity index is 748. The molecule has 2 aromatic carbocycles. The van der Waals surface area contributed by atoms with Gasteiger partial charge >= 0.3 is 0 Å². The summed E-state index contributed by atoms with van der Waals surface area (Å²) < 4.78 is 53.0. The van der Waals surface area contributed by atoms with E-state index >= 15 is 0 Å². The van der Waals surface area contributed by atoms with Crippen molar-refractivity contribution >= 4 is 15.7 Å². The third-order valence-electron chi connectivity index (χ3n) is 2.91. The molecule has 2 rings (SSSR count). The van der Waals surface area contributed by atoms with Crippen molar-refractivity contribution in [3.05, 3.63) is 59.7 Å². The molecule has 2 N–H and O–H groups in total. The first kappa shape index (κ1) is 15.4. The minimum absolute atomic E-state index is 0.0648. The first-order valence-corrected chi connectivity index (χ1v) is 7.63. The number of hydrogen-bond donors (Lipinski definition) is 2. The van der Waals surface area contributed by atoms with Gasteiger partial charge in [0.2, 0.25) is 10.0 Å². The van der Waals surface area contributed by atoms with Crippen LogP contribution in [0.25, 0.3) is 0 Å². The van der Waals surface area contributed by atoms with Crippen molar-refractivity contribution < 1.29 is 17.2 Å². The van der Waals surface area contributed by atoms with E-state index in [0.29, 0.717) is 11.8 Å². The lowest BCUT2D eigenvalue weighted by molar-refractivity contribution is 0.562. The summed E-state index contributed by atoms with van der Waals surface area (Å²) in [4.78, 5) is 0.0648. The monoisotopic (exact) mass is 312 g/mol. The van der Waals surface area contributed by atoms with E-state index in [9.17, 15) is 17.2 Å². The first-order chi connectivity index (χ1) is 9.94. The number of rotatable bonds is 5. The normalized spacial score (nSPS) is 11.4. The van der Waals surface area contributed by atoms with Gasteiger partial charge in [-0.2, -0.15) is 0 Å². The average molecular weight is 312 g/mol. The molecular formula is C14H14F2N2O2S. The van der Waals surface area contributed by atoms with Crippen LogP contribution in [0.5, 0.6) is 0 Å². The quantitative estimate of drug-likeness (QED) is 0.892. The number of para-hydroxylation sites is 1. The van der Waals surface area contributed by atoms with Gasteiger partial charge in [-0.05, 0) is 18.2 Å². The molecule has 0 amide bonds. The van der Waals surface area contributed by atoms with Crippen molar-refractivity contribution in [2.24, 2.45) is 0 Å². The van der Waals surface area contributed by atoms with E-state index in [4.69, 9.17) is 0 Å². The molecule has 0 fully saturated rings. The molecule has 0 aliphatic heterocycles. The molecule has 0 saturated carbocycles. The van der Waals surface area contributed by atoms with Gasteiger partial charge in [-0.1, -0.05) is 18.2 Å². The summed E-state index contributed by atoms with van der Waals surface area (Å²) in [7, 11) is -2.20. The fraction of sp³-hybridized carbons (Fsp3) is 0.143. The maximum atomic E-state index is 13.5. The highest BCUT2D eigenvalue weighted by molar-refractivity contribution is 7.89. The van der Waals surface area contributed by atoms with E-state index in [2.05, 4.69) is 10.0 Å². The zero-order valence-corrected chi connectivity index (χ0v) is 12.0. The van der Waals surface area contributed by atoms with Gasteiger partial charge in [0.25, 0.3) is 0 Å². The SMILES string of the molecule is CNc1ccccc1S(=O)(=O)NCc1ccc(F)cc1F. The lowest BCUT2D eigenvalue weighted by atomic mass is 10.2. The number of hydrogen-bond acceptors (Lipinski definition) is 3. The number of anilines is 1. The van der Waals surface area contributed by atoms with Crippen molar-refractivity contribution in [1.82, 2.24) is 4.72 Å². The second-order valence-corrected chi connectivity index (χ2v) is 6.04. The summed E-state index contributed by atoms with van der Waals surface area (Å²) in [5.74, 6) is -1.50. The highest BCUT2D eigenvalue weighted by Gasteiger charge is 2.18. The third-order valence-corrected chi connectivity index (χ3v) is 4.37. The molecule has 0 unspecified atom stereocenters. The van der Waals surface area contributed by atoms with E-state index in [1.807, 2.05) is 0 Å². The van der Waals surface area contributed by atoms with Gasteiger partial charge in [0.1, 0.15) is 16.5 Å². The zero-order valence-electron chi connectivity index (χ0n) is 11.2. The van der Waals surface area contributed by atoms with E-state index in [1.54, 1.807) is 25.2 Å². The minimum atomic E-state index is -3.80. The molecule has 0 bridgehead atoms. The van der Waals surface area contributed by atoms with Gasteiger partial charge in [-0.15, -0.1) is 0 Å². The molecule has 0 radical (unpaired) electrons. The topological polar surface area (TPSA) is 58.2 Å². The average Bonchev–Trinajstić information content (AvgIpc) is 2.46. The van der Waals surface area contributed by atoms with Crippen molar-refractivity contribution in [1.29, 1.82) is 0 Å². The fourth-order valence-corrected chi connectivity index (χ4v) is 3.04. The lowest BCUT2D eigenvalue weighted by Crippen LogP contribution is -2.24. The number of sulfonamides is 1. The van der Waals surface area contributed by atoms with Gasteiger partial charge in [0, 0.05) is 25.2 Å². The van der Waals surface area contributed by atoms with Crippen LogP contribution in [0, 0.1) is 11.6 Å². The molecule has 4 nitrogen and oxygen atoms in total. The van der Waals surface area contributed by atoms with E-state index in [0.717, 1.165) is 6.07 Å². The van der Waals surface area contributed by atoms with E-state index in [1.165, 1.54) is 12.1 Å². The highest BCUT2D eigenvalue weighted by Crippen LogP contribution is 2.20. The maximum absolute atomic E-state index is 13.5. The molecule has 0 heterocycles. The molecule has 112 valence electrons. The molecule has 0 atom stereocenters. The van der Waals surface area contributed by atoms with Crippen molar-refractivity contribution in [2.75, 3.05) is 12.4 Å². The molecule has 0 spiro atoms. The van der Waals surface area contributed by atoms with Crippen LogP contribution in [0.15, 0.2) is 47.4 Å². The summed E-state index contributed by atoms with van der Waals surface area (Å²) in [5.41, 5.74) is 0.506. The predicted molar refractivity (Wildman–Crippen MR) is 76.4 cm³/mol. The molecule has 2 aromatic rings. The van der Waals surface area contributed by atoms with Crippen molar-refractivity contribution in [3.8, 4) is 0 Å². The predicted octanol–water partition coefficient (Wildman–Crippen LogP) is 2.49. The Morgan fingerprint density at radius 2 is 1.81 bits per heavy atom. The Morgan fingerprint density at radius 3 is 2.48 bits per heavy atom. The Balaban J connectivity index is 2.22. The largest absolute Gasteiger partial charge is 0.387 e. The molecule has 21 heavy (non-hydrogen) atoms. The molecular weight excluding hydrogens is 298 g/mol. The zero-order chi connectivity index (χ0) is 15.5. The Labute approximate surface area is 121 Å². The smallest absolute Gasteiger partial charge is 0.242 e. The summed E-state index contributed by atoms with van der Waals surface area (Å²) in [5, 5.41) is 2.78. The van der Waals surface area contributed by atoms with E-state index < -0.39 is 21.7 Å². The fourth-order valence-electron chi connectivity index (χ4n) is 1.82. The molecule has 7 heteroatoms. The number of benzene rings is 2. The molecule has 0 aliphatic rings. The van der Waals surface area contributed by atoms with Crippen LogP contribution in [-0.2, 0) is 16.6 Å². The van der Waals surface area contributed by atoms with Gasteiger partial charge in [0.15, 0.2) is 0 Å². The van der Waals surface area contributed by atoms with Crippen LogP contribution in [0.3, 0.4) is 0 Å². The standard InChI is InChI=1S/C14H14F2N2O2S/c1-17-13-4-2-3-5-14(13)21(19,20)18-9-10-6-7-11(15)8-12(10)16/h2-8,17-18H,9H2,1H3. The molecule has 0 aliphatic carbocycles. The van der Waals surface area contributed by atoms with Crippen LogP contribution in [0.4, 0.5) is 14.5 Å². The summed E-state index contributed by atoms with van der Waals surface area (Å²) in [6.07, 6.45) is 0. The van der Waals surface area contributed by atoms with Gasteiger partial charge in [-0.25, -0.2) is 21.9 Å². The van der Waals surface area contributed by atoms with Crippen LogP contribution >= 0.6 is 0 Å². The summed E-state index contributed by atoms with van der Waals surface area (Å²) in [6.45, 7) is -0.257. The molecule has 0 aromatic heterocycles. The maximum Gasteiger partial charge on any atom is 0.242 e. The van der Waals surface area contributed by atoms with E-state index in [-0.39, 0.29) is 17.0 Å². The van der Waals surface area contributed by atoms with Crippen LogP contribution in [0.2, 0.25) is 0 Å². The summed E-state index contributed by atoms with van der Waals surface area (Å²) >= 11 is 0. The Kier molecular flexibility index (Phi) is 4.54. The van der Waals surface area contributed by atoms with Crippen LogP contribution in [-0.4, -0.2) is 15.5 Å². The van der Waals surface area contributed by atoms with Crippen LogP contribution in [0.1, 0.15) is 5.56 Å². The number of nitrogens with one attached hydrogen (secondary N) is 2. The Morgan fingerprint density at radius 1 is 1.10 bits per heavy atom. The van der Waals surface area contributed by atoms with Crippen molar-refractivity contribution in [2.45, 2.75) is 11.4 Å². The van der Waals surface area contributed by atoms with Crippen LogP contribution < -0.4 is 10.0 Å². The van der Waals surface area contributed by atoms with Gasteiger partial charge in [-0.3, -0.25) is 0 Å².